The van der Waals surface area contributed by atoms with Gasteiger partial charge in [-0.3, -0.25) is 0 Å². The van der Waals surface area contributed by atoms with Crippen LogP contribution in [0.4, 0.5) is 0 Å². The molecular weight excluding hydrogens is 378 g/mol. The van der Waals surface area contributed by atoms with Crippen molar-refractivity contribution in [1.29, 1.82) is 0 Å². The first-order valence-electron chi connectivity index (χ1n) is 12.4. The zero-order valence-electron chi connectivity index (χ0n) is 19.7. The summed E-state index contributed by atoms with van der Waals surface area (Å²) >= 11 is 0. The van der Waals surface area contributed by atoms with E-state index in [2.05, 4.69) is 81.7 Å². The Kier molecular flexibility index (Phi) is 6.72. The number of rotatable bonds is 5. The second kappa shape index (κ2) is 9.30. The molecule has 1 N–H and O–H groups in total. The van der Waals surface area contributed by atoms with Crippen LogP contribution in [0.5, 0.6) is 0 Å². The molecule has 2 aliphatic carbocycles. The lowest BCUT2D eigenvalue weighted by Gasteiger charge is -2.45. The molecule has 0 spiro atoms. The van der Waals surface area contributed by atoms with Gasteiger partial charge in [0.15, 0.2) is 0 Å². The van der Waals surface area contributed by atoms with Crippen LogP contribution in [0.2, 0.25) is 13.1 Å². The number of hydrogen-bond donors (Lipinski definition) is 1. The molecule has 2 bridgehead atoms. The van der Waals surface area contributed by atoms with Crippen LogP contribution in [0.1, 0.15) is 76.5 Å². The normalized spacial score (nSPS) is 31.8. The minimum atomic E-state index is -0.899. The van der Waals surface area contributed by atoms with Gasteiger partial charge in [-0.1, -0.05) is 81.8 Å². The zero-order valence-corrected chi connectivity index (χ0v) is 20.9. The highest BCUT2D eigenvalue weighted by Crippen LogP contribution is 2.49. The van der Waals surface area contributed by atoms with E-state index in [-0.39, 0.29) is 0 Å². The lowest BCUT2D eigenvalue weighted by Crippen LogP contribution is -2.36. The van der Waals surface area contributed by atoms with Gasteiger partial charge in [-0.25, -0.2) is 0 Å². The van der Waals surface area contributed by atoms with Gasteiger partial charge in [0.25, 0.3) is 0 Å². The maximum Gasteiger partial charge on any atom is 0.0706 e. The van der Waals surface area contributed by atoms with E-state index in [9.17, 15) is 0 Å². The maximum absolute atomic E-state index is 3.89. The van der Waals surface area contributed by atoms with Crippen molar-refractivity contribution in [3.05, 3.63) is 64.0 Å². The second-order valence-electron chi connectivity index (χ2n) is 10.5. The van der Waals surface area contributed by atoms with Crippen molar-refractivity contribution in [3.8, 4) is 0 Å². The summed E-state index contributed by atoms with van der Waals surface area (Å²) in [4.78, 5) is 0. The Morgan fingerprint density at radius 3 is 2.70 bits per heavy atom. The molecule has 1 aromatic carbocycles. The largest absolute Gasteiger partial charge is 0.378 e. The Morgan fingerprint density at radius 1 is 1.13 bits per heavy atom. The van der Waals surface area contributed by atoms with Gasteiger partial charge in [0.2, 0.25) is 0 Å². The molecule has 0 radical (unpaired) electrons. The van der Waals surface area contributed by atoms with Crippen LogP contribution in [-0.2, 0) is 0 Å². The fourth-order valence-corrected chi connectivity index (χ4v) is 8.79. The number of nitrogens with one attached hydrogen (secondary N) is 1. The van der Waals surface area contributed by atoms with Crippen molar-refractivity contribution in [3.63, 3.8) is 0 Å². The van der Waals surface area contributed by atoms with Gasteiger partial charge < -0.3 is 5.32 Å². The standard InChI is InChI=1S/C28H41NSi/c1-6-10-22-12-7-8-14-25(22)27-18-24(28(30(4)5)20(3)29-27)17-26-19(2)15-21-11-9-13-23(26)16-21/h6-8,10,12,14,18-19,21,23,26-27,29-30H,9,11,13,15-17H2,1-5H3/b10-6-. The first kappa shape index (κ1) is 21.7. The first-order chi connectivity index (χ1) is 14.5. The van der Waals surface area contributed by atoms with Crippen molar-refractivity contribution in [1.82, 2.24) is 5.32 Å². The molecule has 4 rings (SSSR count). The molecule has 0 saturated heterocycles. The summed E-state index contributed by atoms with van der Waals surface area (Å²) in [5.41, 5.74) is 5.88. The van der Waals surface area contributed by atoms with Gasteiger partial charge in [0, 0.05) is 5.70 Å². The fourth-order valence-electron chi connectivity index (χ4n) is 6.88. The summed E-state index contributed by atoms with van der Waals surface area (Å²) in [5, 5.41) is 5.60. The average Bonchev–Trinajstić information content (AvgIpc) is 2.71. The number of hydrogen-bond acceptors (Lipinski definition) is 1. The maximum atomic E-state index is 3.89. The second-order valence-corrected chi connectivity index (χ2v) is 13.4. The summed E-state index contributed by atoms with van der Waals surface area (Å²) in [6.45, 7) is 12.0. The Balaban J connectivity index is 1.67. The van der Waals surface area contributed by atoms with Crippen molar-refractivity contribution < 1.29 is 0 Å². The highest BCUT2D eigenvalue weighted by atomic mass is 28.3. The van der Waals surface area contributed by atoms with Gasteiger partial charge >= 0.3 is 0 Å². The lowest BCUT2D eigenvalue weighted by atomic mass is 9.61. The third kappa shape index (κ3) is 4.40. The fraction of sp³-hybridized carbons (Fsp3) is 0.571. The monoisotopic (exact) mass is 419 g/mol. The van der Waals surface area contributed by atoms with Crippen LogP contribution < -0.4 is 5.32 Å². The quantitative estimate of drug-likeness (QED) is 0.489. The highest BCUT2D eigenvalue weighted by Gasteiger charge is 2.39. The predicted molar refractivity (Wildman–Crippen MR) is 134 cm³/mol. The van der Waals surface area contributed by atoms with Crippen molar-refractivity contribution in [2.24, 2.45) is 23.7 Å². The van der Waals surface area contributed by atoms with E-state index in [0.717, 1.165) is 23.7 Å². The van der Waals surface area contributed by atoms with Crippen molar-refractivity contribution >= 4 is 14.9 Å². The van der Waals surface area contributed by atoms with Crippen LogP contribution in [0, 0.1) is 23.7 Å². The molecule has 30 heavy (non-hydrogen) atoms. The molecule has 1 aromatic rings. The topological polar surface area (TPSA) is 12.0 Å². The van der Waals surface area contributed by atoms with Gasteiger partial charge in [-0.2, -0.15) is 0 Å². The lowest BCUT2D eigenvalue weighted by molar-refractivity contribution is 0.0719. The van der Waals surface area contributed by atoms with E-state index in [4.69, 9.17) is 0 Å². The first-order valence-corrected chi connectivity index (χ1v) is 15.3. The van der Waals surface area contributed by atoms with E-state index in [1.165, 1.54) is 55.3 Å². The van der Waals surface area contributed by atoms with Gasteiger partial charge in [-0.15, -0.1) is 0 Å². The third-order valence-electron chi connectivity index (χ3n) is 8.06. The summed E-state index contributed by atoms with van der Waals surface area (Å²) in [6.07, 6.45) is 15.7. The van der Waals surface area contributed by atoms with E-state index in [1.807, 2.05) is 0 Å². The molecule has 1 aliphatic heterocycles. The van der Waals surface area contributed by atoms with Crippen molar-refractivity contribution in [2.45, 2.75) is 78.4 Å². The Morgan fingerprint density at radius 2 is 1.93 bits per heavy atom. The Bertz CT molecular complexity index is 844. The van der Waals surface area contributed by atoms with Gasteiger partial charge in [0.1, 0.15) is 0 Å². The SMILES string of the molecule is C/C=C\c1ccccc1C1C=C(CC2C(C)CC3CCCC2C3)C([SiH](C)C)=C(C)N1. The van der Waals surface area contributed by atoms with Gasteiger partial charge in [-0.05, 0) is 78.7 Å². The smallest absolute Gasteiger partial charge is 0.0706 e. The molecule has 0 amide bonds. The summed E-state index contributed by atoms with van der Waals surface area (Å²) in [6, 6.07) is 9.20. The molecule has 0 aromatic heterocycles. The number of allylic oxidation sites excluding steroid dienone is 4. The molecule has 5 atom stereocenters. The van der Waals surface area contributed by atoms with E-state index < -0.39 is 8.80 Å². The number of benzene rings is 1. The summed E-state index contributed by atoms with van der Waals surface area (Å²) < 4.78 is 0. The predicted octanol–water partition coefficient (Wildman–Crippen LogP) is 7.44. The number of dihydropyridines is 1. The minimum Gasteiger partial charge on any atom is -0.378 e. The molecule has 1 nitrogen and oxygen atoms in total. The summed E-state index contributed by atoms with van der Waals surface area (Å²) in [7, 11) is -0.899. The van der Waals surface area contributed by atoms with Crippen LogP contribution in [0.25, 0.3) is 6.08 Å². The highest BCUT2D eigenvalue weighted by molar-refractivity contribution is 6.65. The number of fused-ring (bicyclic) bond motifs is 2. The minimum absolute atomic E-state index is 0.293. The Hall–Kier alpha value is -1.54. The zero-order chi connectivity index (χ0) is 21.3. The molecule has 2 saturated carbocycles. The van der Waals surface area contributed by atoms with E-state index in [0.29, 0.717) is 6.04 Å². The molecular formula is C28H41NSi. The van der Waals surface area contributed by atoms with Crippen LogP contribution in [0.15, 0.2) is 52.9 Å². The third-order valence-corrected chi connectivity index (χ3v) is 10.0. The van der Waals surface area contributed by atoms with Crippen LogP contribution in [-0.4, -0.2) is 8.80 Å². The van der Waals surface area contributed by atoms with E-state index >= 15 is 0 Å². The van der Waals surface area contributed by atoms with E-state index in [1.54, 1.807) is 10.8 Å². The summed E-state index contributed by atoms with van der Waals surface area (Å²) in [5.74, 6) is 3.75. The van der Waals surface area contributed by atoms with Crippen LogP contribution in [0.3, 0.4) is 0 Å². The molecule has 2 heteroatoms. The van der Waals surface area contributed by atoms with Crippen molar-refractivity contribution in [2.75, 3.05) is 0 Å². The molecule has 3 aliphatic rings. The average molecular weight is 420 g/mol. The molecule has 5 unspecified atom stereocenters. The molecule has 1 heterocycles. The van der Waals surface area contributed by atoms with Gasteiger partial charge in [0.05, 0.1) is 14.8 Å². The van der Waals surface area contributed by atoms with Crippen LogP contribution >= 0.6 is 0 Å². The molecule has 2 fully saturated rings. The molecule has 162 valence electrons. The Labute approximate surface area is 186 Å².